The lowest BCUT2D eigenvalue weighted by molar-refractivity contribution is 0.0941. The van der Waals surface area contributed by atoms with Crippen molar-refractivity contribution in [1.29, 1.82) is 0 Å². The minimum Gasteiger partial charge on any atom is -0.459 e. The Hall–Kier alpha value is -2.80. The fourth-order valence-corrected chi connectivity index (χ4v) is 5.05. The third kappa shape index (κ3) is 4.78. The number of carbonyl (C=O) groups excluding carboxylic acids is 1. The van der Waals surface area contributed by atoms with Crippen LogP contribution in [0.4, 0.5) is 0 Å². The highest BCUT2D eigenvalue weighted by Gasteiger charge is 2.25. The molecule has 1 fully saturated rings. The van der Waals surface area contributed by atoms with E-state index in [9.17, 15) is 4.79 Å². The molecule has 1 aromatic carbocycles. The molecule has 5 rings (SSSR count). The Morgan fingerprint density at radius 3 is 2.67 bits per heavy atom. The highest BCUT2D eigenvalue weighted by atomic mass is 16.5. The van der Waals surface area contributed by atoms with Gasteiger partial charge in [0.1, 0.15) is 11.5 Å². The van der Waals surface area contributed by atoms with E-state index in [2.05, 4.69) is 27.3 Å². The van der Waals surface area contributed by atoms with Crippen LogP contribution in [0.2, 0.25) is 0 Å². The highest BCUT2D eigenvalue weighted by molar-refractivity contribution is 6.01. The minimum absolute atomic E-state index is 0.238. The molecule has 2 aliphatic rings. The van der Waals surface area contributed by atoms with Gasteiger partial charge in [-0.05, 0) is 67.7 Å². The van der Waals surface area contributed by atoms with Gasteiger partial charge in [-0.2, -0.15) is 0 Å². The molecule has 172 valence electrons. The van der Waals surface area contributed by atoms with Crippen LogP contribution < -0.4 is 5.32 Å². The van der Waals surface area contributed by atoms with Crippen molar-refractivity contribution in [3.8, 4) is 22.5 Å². The van der Waals surface area contributed by atoms with Gasteiger partial charge in [0.15, 0.2) is 5.78 Å². The molecule has 1 N–H and O–H groups in total. The first-order valence-electron chi connectivity index (χ1n) is 11.9. The van der Waals surface area contributed by atoms with Crippen LogP contribution in [0.15, 0.2) is 53.2 Å². The lowest BCUT2D eigenvalue weighted by Crippen LogP contribution is -2.44. The quantitative estimate of drug-likeness (QED) is 0.556. The van der Waals surface area contributed by atoms with Crippen LogP contribution in [0.25, 0.3) is 22.5 Å². The van der Waals surface area contributed by atoms with Crippen molar-refractivity contribution in [2.45, 2.75) is 38.3 Å². The van der Waals surface area contributed by atoms with Gasteiger partial charge in [0.25, 0.3) is 0 Å². The van der Waals surface area contributed by atoms with Crippen molar-refractivity contribution in [3.05, 3.63) is 65.7 Å². The number of ketones is 1. The number of fused-ring (bicyclic) bond motifs is 1. The summed E-state index contributed by atoms with van der Waals surface area (Å²) in [6.45, 7) is 4.42. The summed E-state index contributed by atoms with van der Waals surface area (Å²) >= 11 is 0. The summed E-state index contributed by atoms with van der Waals surface area (Å²) in [6.07, 6.45) is 7.30. The maximum absolute atomic E-state index is 12.1. The third-order valence-electron chi connectivity index (χ3n) is 6.83. The number of ether oxygens (including phenoxy) is 1. The van der Waals surface area contributed by atoms with Gasteiger partial charge in [-0.1, -0.05) is 12.1 Å². The van der Waals surface area contributed by atoms with Crippen molar-refractivity contribution in [3.63, 3.8) is 0 Å². The number of hydrogen-bond acceptors (Lipinski definition) is 6. The number of methoxy groups -OCH3 is 1. The molecule has 1 aliphatic heterocycles. The summed E-state index contributed by atoms with van der Waals surface area (Å²) in [5.41, 5.74) is 5.14. The number of rotatable bonds is 8. The second kappa shape index (κ2) is 10.00. The summed E-state index contributed by atoms with van der Waals surface area (Å²) < 4.78 is 11.9. The Bertz CT molecular complexity index is 1100. The Kier molecular flexibility index (Phi) is 6.67. The van der Waals surface area contributed by atoms with E-state index in [-0.39, 0.29) is 5.78 Å². The number of piperidine rings is 1. The maximum Gasteiger partial charge on any atom is 0.163 e. The number of nitrogens with zero attached hydrogens (tertiary/aromatic N) is 2. The summed E-state index contributed by atoms with van der Waals surface area (Å²) in [7, 11) is 1.76. The van der Waals surface area contributed by atoms with Crippen molar-refractivity contribution in [2.75, 3.05) is 33.4 Å². The van der Waals surface area contributed by atoms with E-state index >= 15 is 0 Å². The van der Waals surface area contributed by atoms with E-state index < -0.39 is 0 Å². The Balaban J connectivity index is 1.50. The standard InChI is InChI=1S/C27H31N3O3/c1-32-15-14-30(22-8-12-29-13-9-22)18-23-17-25(19-6-10-28-11-7-19)27(33-23)21-2-4-24-20(16-21)3-5-26(24)31/h2,4,6-7,10-11,16-17,22,29H,3,5,8-9,12-15,18H2,1H3. The topological polar surface area (TPSA) is 67.6 Å². The Morgan fingerprint density at radius 2 is 1.88 bits per heavy atom. The van der Waals surface area contributed by atoms with Gasteiger partial charge in [-0.25, -0.2) is 0 Å². The number of pyridine rings is 1. The smallest absolute Gasteiger partial charge is 0.163 e. The van der Waals surface area contributed by atoms with Gasteiger partial charge in [-0.3, -0.25) is 14.7 Å². The van der Waals surface area contributed by atoms with Gasteiger partial charge < -0.3 is 14.5 Å². The molecule has 2 aromatic heterocycles. The summed E-state index contributed by atoms with van der Waals surface area (Å²) in [4.78, 5) is 18.8. The zero-order chi connectivity index (χ0) is 22.6. The summed E-state index contributed by atoms with van der Waals surface area (Å²) in [5, 5.41) is 3.46. The normalized spacial score (nSPS) is 16.5. The third-order valence-corrected chi connectivity index (χ3v) is 6.83. The lowest BCUT2D eigenvalue weighted by Gasteiger charge is -2.33. The Morgan fingerprint density at radius 1 is 1.06 bits per heavy atom. The minimum atomic E-state index is 0.238. The Labute approximate surface area is 195 Å². The van der Waals surface area contributed by atoms with Gasteiger partial charge in [-0.15, -0.1) is 0 Å². The molecule has 33 heavy (non-hydrogen) atoms. The molecule has 0 spiro atoms. The summed E-state index contributed by atoms with van der Waals surface area (Å²) in [6, 6.07) is 12.8. The van der Waals surface area contributed by atoms with Gasteiger partial charge >= 0.3 is 0 Å². The van der Waals surface area contributed by atoms with E-state index in [0.29, 0.717) is 19.1 Å². The second-order valence-electron chi connectivity index (χ2n) is 8.93. The van der Waals surface area contributed by atoms with Crippen LogP contribution >= 0.6 is 0 Å². The predicted molar refractivity (Wildman–Crippen MR) is 128 cm³/mol. The molecular weight excluding hydrogens is 414 g/mol. The predicted octanol–water partition coefficient (Wildman–Crippen LogP) is 4.34. The fourth-order valence-electron chi connectivity index (χ4n) is 5.05. The van der Waals surface area contributed by atoms with Crippen LogP contribution in [-0.4, -0.2) is 55.1 Å². The molecule has 0 radical (unpaired) electrons. The molecule has 3 heterocycles. The van der Waals surface area contributed by atoms with E-state index in [4.69, 9.17) is 9.15 Å². The summed E-state index contributed by atoms with van der Waals surface area (Å²) in [5.74, 6) is 2.04. The molecule has 1 saturated heterocycles. The maximum atomic E-state index is 12.1. The van der Waals surface area contributed by atoms with Gasteiger partial charge in [0, 0.05) is 55.2 Å². The molecular formula is C27H31N3O3. The van der Waals surface area contributed by atoms with Crippen LogP contribution in [0.1, 0.15) is 40.9 Å². The molecule has 3 aromatic rings. The van der Waals surface area contributed by atoms with E-state index in [1.54, 1.807) is 7.11 Å². The molecule has 0 unspecified atom stereocenters. The SMILES string of the molecule is COCCN(Cc1cc(-c2ccncc2)c(-c2ccc3c(c2)CCC3=O)o1)C1CCNCC1. The molecule has 0 saturated carbocycles. The van der Waals surface area contributed by atoms with Crippen molar-refractivity contribution >= 4 is 5.78 Å². The van der Waals surface area contributed by atoms with E-state index in [1.165, 1.54) is 0 Å². The largest absolute Gasteiger partial charge is 0.459 e. The van der Waals surface area contributed by atoms with Crippen molar-refractivity contribution in [2.24, 2.45) is 0 Å². The molecule has 0 atom stereocenters. The number of nitrogens with one attached hydrogen (secondary N) is 1. The number of carbonyl (C=O) groups is 1. The first-order valence-corrected chi connectivity index (χ1v) is 11.9. The van der Waals surface area contributed by atoms with Crippen LogP contribution in [0, 0.1) is 0 Å². The number of Topliss-reactive ketones (excluding diaryl/α,β-unsaturated/α-hetero) is 1. The van der Waals surface area contributed by atoms with Crippen LogP contribution in [0.3, 0.4) is 0 Å². The molecule has 0 bridgehead atoms. The van der Waals surface area contributed by atoms with E-state index in [1.807, 2.05) is 36.7 Å². The highest BCUT2D eigenvalue weighted by Crippen LogP contribution is 2.37. The average Bonchev–Trinajstić information content (AvgIpc) is 3.46. The van der Waals surface area contributed by atoms with Crippen molar-refractivity contribution in [1.82, 2.24) is 15.2 Å². The number of furan rings is 1. The zero-order valence-electron chi connectivity index (χ0n) is 19.2. The molecule has 6 nitrogen and oxygen atoms in total. The fraction of sp³-hybridized carbons (Fsp3) is 0.407. The monoisotopic (exact) mass is 445 g/mol. The molecule has 0 amide bonds. The van der Waals surface area contributed by atoms with Gasteiger partial charge in [0.2, 0.25) is 0 Å². The first kappa shape index (κ1) is 22.0. The molecule has 1 aliphatic carbocycles. The first-order chi connectivity index (χ1) is 16.2. The van der Waals surface area contributed by atoms with Gasteiger partial charge in [0.05, 0.1) is 13.2 Å². The van der Waals surface area contributed by atoms with E-state index in [0.717, 1.165) is 84.8 Å². The number of benzene rings is 1. The number of aryl methyl sites for hydroxylation is 1. The van der Waals surface area contributed by atoms with Crippen LogP contribution in [0.5, 0.6) is 0 Å². The molecule has 6 heteroatoms. The number of hydrogen-bond donors (Lipinski definition) is 1. The zero-order valence-corrected chi connectivity index (χ0v) is 19.2. The average molecular weight is 446 g/mol. The lowest BCUT2D eigenvalue weighted by atomic mass is 9.99. The van der Waals surface area contributed by atoms with Crippen LogP contribution in [-0.2, 0) is 17.7 Å². The number of aromatic nitrogens is 1. The second-order valence-corrected chi connectivity index (χ2v) is 8.93. The van der Waals surface area contributed by atoms with Crippen molar-refractivity contribution < 1.29 is 13.9 Å².